The predicted octanol–water partition coefficient (Wildman–Crippen LogP) is 4.67. The fourth-order valence-electron chi connectivity index (χ4n) is 2.54. The van der Waals surface area contributed by atoms with Gasteiger partial charge in [0, 0.05) is 22.3 Å². The van der Waals surface area contributed by atoms with E-state index >= 15 is 0 Å². The maximum absolute atomic E-state index is 4.81. The normalized spacial score (nSPS) is 14.1. The molecule has 0 unspecified atom stereocenters. The second kappa shape index (κ2) is 6.22. The van der Waals surface area contributed by atoms with E-state index in [0.29, 0.717) is 0 Å². The number of hydrogen-bond acceptors (Lipinski definition) is 4. The van der Waals surface area contributed by atoms with Gasteiger partial charge in [-0.15, -0.1) is 11.3 Å². The van der Waals surface area contributed by atoms with Crippen LogP contribution in [0.3, 0.4) is 0 Å². The van der Waals surface area contributed by atoms with Crippen molar-refractivity contribution in [2.45, 2.75) is 39.0 Å². The molecule has 2 heterocycles. The number of fused-ring (bicyclic) bond motifs is 1. The maximum Gasteiger partial charge on any atom is 0.173 e. The van der Waals surface area contributed by atoms with Gasteiger partial charge in [0.25, 0.3) is 0 Å². The van der Waals surface area contributed by atoms with Crippen LogP contribution < -0.4 is 5.32 Å². The minimum atomic E-state index is 0.853. The molecule has 0 spiro atoms. The fraction of sp³-hybridized carbons (Fsp3) is 0.467. The van der Waals surface area contributed by atoms with E-state index in [1.807, 2.05) is 0 Å². The van der Waals surface area contributed by atoms with Gasteiger partial charge in [-0.05, 0) is 59.5 Å². The zero-order chi connectivity index (χ0) is 13.9. The SMILES string of the molecule is CCCNc1nc(-c2sccc2Br)nc2c1CCCC2. The van der Waals surface area contributed by atoms with E-state index in [2.05, 4.69) is 39.6 Å². The lowest BCUT2D eigenvalue weighted by Crippen LogP contribution is -2.14. The summed E-state index contributed by atoms with van der Waals surface area (Å²) in [7, 11) is 0. The molecule has 1 aliphatic carbocycles. The first kappa shape index (κ1) is 14.0. The number of nitrogens with zero attached hydrogens (tertiary/aromatic N) is 2. The molecule has 20 heavy (non-hydrogen) atoms. The van der Waals surface area contributed by atoms with Crippen molar-refractivity contribution in [3.05, 3.63) is 27.2 Å². The Morgan fingerprint density at radius 2 is 2.15 bits per heavy atom. The van der Waals surface area contributed by atoms with E-state index in [1.54, 1.807) is 11.3 Å². The summed E-state index contributed by atoms with van der Waals surface area (Å²) in [5.74, 6) is 1.90. The number of halogens is 1. The Morgan fingerprint density at radius 3 is 2.90 bits per heavy atom. The second-order valence-electron chi connectivity index (χ2n) is 5.05. The van der Waals surface area contributed by atoms with E-state index in [-0.39, 0.29) is 0 Å². The third-order valence-corrected chi connectivity index (χ3v) is 5.38. The van der Waals surface area contributed by atoms with Crippen molar-refractivity contribution < 1.29 is 0 Å². The summed E-state index contributed by atoms with van der Waals surface area (Å²) in [6.45, 7) is 3.14. The highest BCUT2D eigenvalue weighted by Crippen LogP contribution is 2.34. The van der Waals surface area contributed by atoms with E-state index < -0.39 is 0 Å². The molecule has 0 aromatic carbocycles. The van der Waals surface area contributed by atoms with Gasteiger partial charge < -0.3 is 5.32 Å². The first-order chi connectivity index (χ1) is 9.79. The number of aromatic nitrogens is 2. The van der Waals surface area contributed by atoms with Crippen LogP contribution in [0, 0.1) is 0 Å². The van der Waals surface area contributed by atoms with Gasteiger partial charge in [-0.1, -0.05) is 6.92 Å². The number of thiophene rings is 1. The molecule has 0 saturated carbocycles. The largest absolute Gasteiger partial charge is 0.370 e. The first-order valence-corrected chi connectivity index (χ1v) is 8.84. The summed E-state index contributed by atoms with van der Waals surface area (Å²) in [6.07, 6.45) is 5.78. The number of nitrogens with one attached hydrogen (secondary N) is 1. The highest BCUT2D eigenvalue weighted by atomic mass is 79.9. The van der Waals surface area contributed by atoms with E-state index in [4.69, 9.17) is 9.97 Å². The van der Waals surface area contributed by atoms with Crippen molar-refractivity contribution in [2.24, 2.45) is 0 Å². The van der Waals surface area contributed by atoms with Gasteiger partial charge in [0.05, 0.1) is 4.88 Å². The van der Waals surface area contributed by atoms with Gasteiger partial charge in [-0.25, -0.2) is 9.97 Å². The van der Waals surface area contributed by atoms with Crippen molar-refractivity contribution in [1.82, 2.24) is 9.97 Å². The predicted molar refractivity (Wildman–Crippen MR) is 88.5 cm³/mol. The van der Waals surface area contributed by atoms with E-state index in [1.165, 1.54) is 24.1 Å². The molecule has 5 heteroatoms. The molecule has 2 aromatic heterocycles. The van der Waals surface area contributed by atoms with Crippen LogP contribution in [-0.4, -0.2) is 16.5 Å². The summed E-state index contributed by atoms with van der Waals surface area (Å²) >= 11 is 5.27. The van der Waals surface area contributed by atoms with Crippen LogP contribution in [-0.2, 0) is 12.8 Å². The molecule has 0 bridgehead atoms. The van der Waals surface area contributed by atoms with Crippen LogP contribution >= 0.6 is 27.3 Å². The summed E-state index contributed by atoms with van der Waals surface area (Å²) in [5.41, 5.74) is 2.57. The standard InChI is InChI=1S/C15H18BrN3S/c1-2-8-17-14-10-5-3-4-6-12(10)18-15(19-14)13-11(16)7-9-20-13/h7,9H,2-6,8H2,1H3,(H,17,18,19). The summed E-state index contributed by atoms with van der Waals surface area (Å²) in [6, 6.07) is 2.06. The maximum atomic E-state index is 4.81. The van der Waals surface area contributed by atoms with E-state index in [9.17, 15) is 0 Å². The molecule has 2 aromatic rings. The molecule has 106 valence electrons. The minimum absolute atomic E-state index is 0.853. The van der Waals surface area contributed by atoms with Crippen LogP contribution in [0.15, 0.2) is 15.9 Å². The summed E-state index contributed by atoms with van der Waals surface area (Å²) < 4.78 is 1.08. The molecular formula is C15H18BrN3S. The molecule has 0 saturated heterocycles. The summed E-state index contributed by atoms with van der Waals surface area (Å²) in [4.78, 5) is 10.7. The van der Waals surface area contributed by atoms with Gasteiger partial charge in [0.15, 0.2) is 5.82 Å². The molecule has 0 fully saturated rings. The molecular weight excluding hydrogens is 334 g/mol. The van der Waals surface area contributed by atoms with Gasteiger partial charge >= 0.3 is 0 Å². The zero-order valence-electron chi connectivity index (χ0n) is 11.6. The number of anilines is 1. The molecule has 0 radical (unpaired) electrons. The Balaban J connectivity index is 2.05. The van der Waals surface area contributed by atoms with Crippen LogP contribution in [0.25, 0.3) is 10.7 Å². The molecule has 1 aliphatic rings. The minimum Gasteiger partial charge on any atom is -0.370 e. The second-order valence-corrected chi connectivity index (χ2v) is 6.82. The van der Waals surface area contributed by atoms with Crippen molar-refractivity contribution in [3.63, 3.8) is 0 Å². The van der Waals surface area contributed by atoms with Crippen LogP contribution in [0.4, 0.5) is 5.82 Å². The number of aryl methyl sites for hydroxylation is 1. The third kappa shape index (κ3) is 2.74. The Morgan fingerprint density at radius 1 is 1.30 bits per heavy atom. The summed E-state index contributed by atoms with van der Waals surface area (Å²) in [5, 5.41) is 5.55. The van der Waals surface area contributed by atoms with Gasteiger partial charge in [-0.3, -0.25) is 0 Å². The monoisotopic (exact) mass is 351 g/mol. The van der Waals surface area contributed by atoms with Gasteiger partial charge in [-0.2, -0.15) is 0 Å². The Labute approximate surface area is 132 Å². The average molecular weight is 352 g/mol. The molecule has 0 amide bonds. The van der Waals surface area contributed by atoms with Crippen molar-refractivity contribution in [3.8, 4) is 10.7 Å². The number of rotatable bonds is 4. The topological polar surface area (TPSA) is 37.8 Å². The lowest BCUT2D eigenvalue weighted by molar-refractivity contribution is 0.664. The Bertz CT molecular complexity index is 609. The highest BCUT2D eigenvalue weighted by molar-refractivity contribution is 9.10. The van der Waals surface area contributed by atoms with Gasteiger partial charge in [0.1, 0.15) is 5.82 Å². The van der Waals surface area contributed by atoms with Crippen molar-refractivity contribution >= 4 is 33.1 Å². The number of hydrogen-bond donors (Lipinski definition) is 1. The first-order valence-electron chi connectivity index (χ1n) is 7.16. The lowest BCUT2D eigenvalue weighted by Gasteiger charge is -2.19. The van der Waals surface area contributed by atoms with Crippen LogP contribution in [0.1, 0.15) is 37.4 Å². The lowest BCUT2D eigenvalue weighted by atomic mass is 9.96. The van der Waals surface area contributed by atoms with Crippen LogP contribution in [0.5, 0.6) is 0 Å². The molecule has 1 N–H and O–H groups in total. The molecule has 3 rings (SSSR count). The fourth-order valence-corrected chi connectivity index (χ4v) is 4.02. The molecule has 3 nitrogen and oxygen atoms in total. The zero-order valence-corrected chi connectivity index (χ0v) is 14.0. The van der Waals surface area contributed by atoms with E-state index in [0.717, 1.165) is 46.8 Å². The Hall–Kier alpha value is -0.940. The van der Waals surface area contributed by atoms with Crippen molar-refractivity contribution in [2.75, 3.05) is 11.9 Å². The quantitative estimate of drug-likeness (QED) is 0.869. The molecule has 0 aliphatic heterocycles. The highest BCUT2D eigenvalue weighted by Gasteiger charge is 2.19. The average Bonchev–Trinajstić information content (AvgIpc) is 2.90. The van der Waals surface area contributed by atoms with Crippen molar-refractivity contribution in [1.29, 1.82) is 0 Å². The Kier molecular flexibility index (Phi) is 4.36. The van der Waals surface area contributed by atoms with Crippen LogP contribution in [0.2, 0.25) is 0 Å². The smallest absolute Gasteiger partial charge is 0.173 e. The van der Waals surface area contributed by atoms with Gasteiger partial charge in [0.2, 0.25) is 0 Å². The third-order valence-electron chi connectivity index (χ3n) is 3.55. The molecule has 0 atom stereocenters.